The van der Waals surface area contributed by atoms with E-state index in [4.69, 9.17) is 10.5 Å². The lowest BCUT2D eigenvalue weighted by Gasteiger charge is -2.11. The van der Waals surface area contributed by atoms with Gasteiger partial charge in [-0.2, -0.15) is 0 Å². The monoisotopic (exact) mass is 267 g/mol. The third kappa shape index (κ3) is 3.89. The number of pyridine rings is 1. The van der Waals surface area contributed by atoms with Crippen molar-refractivity contribution >= 4 is 11.7 Å². The summed E-state index contributed by atoms with van der Waals surface area (Å²) in [5.41, 5.74) is 5.58. The molecule has 1 saturated carbocycles. The molecule has 1 amide bonds. The number of carbonyl (C=O) groups excluding carboxylic acids is 1. The van der Waals surface area contributed by atoms with Crippen molar-refractivity contribution < 1.29 is 13.9 Å². The van der Waals surface area contributed by atoms with Crippen LogP contribution < -0.4 is 11.1 Å². The van der Waals surface area contributed by atoms with Crippen LogP contribution in [0.15, 0.2) is 12.3 Å². The van der Waals surface area contributed by atoms with Crippen molar-refractivity contribution in [3.63, 3.8) is 0 Å². The molecule has 0 spiro atoms. The third-order valence-corrected chi connectivity index (χ3v) is 3.17. The largest absolute Gasteiger partial charge is 0.383 e. The average Bonchev–Trinajstić information content (AvgIpc) is 2.90. The summed E-state index contributed by atoms with van der Waals surface area (Å²) in [6.07, 6.45) is 5.90. The first kappa shape index (κ1) is 13.7. The SMILES string of the molecule is Nc1ncc(F)cc1C(=O)NCCOC1CCCC1. The molecule has 19 heavy (non-hydrogen) atoms. The van der Waals surface area contributed by atoms with Crippen LogP contribution in [0.5, 0.6) is 0 Å². The number of aromatic nitrogens is 1. The number of ether oxygens (including phenoxy) is 1. The smallest absolute Gasteiger partial charge is 0.255 e. The Morgan fingerprint density at radius 2 is 2.26 bits per heavy atom. The maximum absolute atomic E-state index is 13.0. The number of halogens is 1. The second kappa shape index (κ2) is 6.47. The first-order valence-corrected chi connectivity index (χ1v) is 6.47. The number of rotatable bonds is 5. The second-order valence-corrected chi connectivity index (χ2v) is 4.62. The van der Waals surface area contributed by atoms with Crippen molar-refractivity contribution in [2.24, 2.45) is 0 Å². The molecule has 1 fully saturated rings. The minimum Gasteiger partial charge on any atom is -0.383 e. The molecule has 104 valence electrons. The Labute approximate surface area is 111 Å². The molecule has 1 aliphatic rings. The summed E-state index contributed by atoms with van der Waals surface area (Å²) in [5.74, 6) is -0.989. The van der Waals surface area contributed by atoms with Crippen LogP contribution >= 0.6 is 0 Å². The van der Waals surface area contributed by atoms with Gasteiger partial charge < -0.3 is 15.8 Å². The van der Waals surface area contributed by atoms with Gasteiger partial charge in [0.05, 0.1) is 24.5 Å². The fraction of sp³-hybridized carbons (Fsp3) is 0.538. The van der Waals surface area contributed by atoms with Crippen LogP contribution in [-0.4, -0.2) is 30.1 Å². The van der Waals surface area contributed by atoms with E-state index >= 15 is 0 Å². The molecule has 1 aromatic heterocycles. The lowest BCUT2D eigenvalue weighted by molar-refractivity contribution is 0.0582. The highest BCUT2D eigenvalue weighted by atomic mass is 19.1. The van der Waals surface area contributed by atoms with Gasteiger partial charge in [0.2, 0.25) is 0 Å². The van der Waals surface area contributed by atoms with E-state index in [-0.39, 0.29) is 11.4 Å². The number of carbonyl (C=O) groups is 1. The summed E-state index contributed by atoms with van der Waals surface area (Å²) in [4.78, 5) is 15.4. The average molecular weight is 267 g/mol. The summed E-state index contributed by atoms with van der Waals surface area (Å²) < 4.78 is 18.6. The number of hydrogen-bond donors (Lipinski definition) is 2. The number of nitrogen functional groups attached to an aromatic ring is 1. The summed E-state index contributed by atoms with van der Waals surface area (Å²) in [5, 5.41) is 2.64. The Bertz CT molecular complexity index is 448. The molecule has 1 aliphatic carbocycles. The number of hydrogen-bond acceptors (Lipinski definition) is 4. The molecule has 1 aromatic rings. The molecule has 0 atom stereocenters. The van der Waals surface area contributed by atoms with Crippen LogP contribution in [-0.2, 0) is 4.74 Å². The molecule has 0 saturated heterocycles. The van der Waals surface area contributed by atoms with Crippen molar-refractivity contribution in [3.05, 3.63) is 23.6 Å². The van der Waals surface area contributed by atoms with E-state index in [1.165, 1.54) is 12.8 Å². The fourth-order valence-electron chi connectivity index (χ4n) is 2.17. The minimum absolute atomic E-state index is 0.0237. The zero-order chi connectivity index (χ0) is 13.7. The predicted molar refractivity (Wildman–Crippen MR) is 69.1 cm³/mol. The quantitative estimate of drug-likeness (QED) is 0.792. The van der Waals surface area contributed by atoms with E-state index in [0.717, 1.165) is 25.1 Å². The maximum atomic E-state index is 13.0. The third-order valence-electron chi connectivity index (χ3n) is 3.17. The normalized spacial score (nSPS) is 15.6. The van der Waals surface area contributed by atoms with Gasteiger partial charge in [0.25, 0.3) is 5.91 Å². The molecule has 0 aromatic carbocycles. The molecular formula is C13H18FN3O2. The lowest BCUT2D eigenvalue weighted by atomic mass is 10.2. The van der Waals surface area contributed by atoms with Crippen molar-refractivity contribution in [3.8, 4) is 0 Å². The van der Waals surface area contributed by atoms with E-state index in [2.05, 4.69) is 10.3 Å². The van der Waals surface area contributed by atoms with Crippen molar-refractivity contribution in [2.75, 3.05) is 18.9 Å². The molecule has 5 nitrogen and oxygen atoms in total. The van der Waals surface area contributed by atoms with Crippen molar-refractivity contribution in [2.45, 2.75) is 31.8 Å². The van der Waals surface area contributed by atoms with E-state index in [0.29, 0.717) is 19.3 Å². The Hall–Kier alpha value is -1.69. The molecule has 2 rings (SSSR count). The zero-order valence-electron chi connectivity index (χ0n) is 10.7. The Balaban J connectivity index is 1.75. The standard InChI is InChI=1S/C13H18FN3O2/c14-9-7-11(12(15)17-8-9)13(18)16-5-6-19-10-3-1-2-4-10/h7-8,10H,1-6H2,(H2,15,17)(H,16,18). The van der Waals surface area contributed by atoms with Gasteiger partial charge in [0, 0.05) is 6.54 Å². The van der Waals surface area contributed by atoms with Crippen LogP contribution in [0.2, 0.25) is 0 Å². The second-order valence-electron chi connectivity index (χ2n) is 4.62. The van der Waals surface area contributed by atoms with E-state index < -0.39 is 11.7 Å². The topological polar surface area (TPSA) is 77.2 Å². The minimum atomic E-state index is -0.582. The van der Waals surface area contributed by atoms with E-state index in [1.807, 2.05) is 0 Å². The maximum Gasteiger partial charge on any atom is 0.255 e. The van der Waals surface area contributed by atoms with Crippen LogP contribution in [0.4, 0.5) is 10.2 Å². The lowest BCUT2D eigenvalue weighted by Crippen LogP contribution is -2.29. The van der Waals surface area contributed by atoms with Crippen LogP contribution in [0.25, 0.3) is 0 Å². The van der Waals surface area contributed by atoms with Gasteiger partial charge in [-0.1, -0.05) is 12.8 Å². The van der Waals surface area contributed by atoms with Gasteiger partial charge >= 0.3 is 0 Å². The Morgan fingerprint density at radius 1 is 1.53 bits per heavy atom. The summed E-state index contributed by atoms with van der Waals surface area (Å²) >= 11 is 0. The van der Waals surface area contributed by atoms with Gasteiger partial charge in [-0.25, -0.2) is 9.37 Å². The molecule has 0 unspecified atom stereocenters. The van der Waals surface area contributed by atoms with Gasteiger partial charge in [-0.15, -0.1) is 0 Å². The highest BCUT2D eigenvalue weighted by Crippen LogP contribution is 2.20. The van der Waals surface area contributed by atoms with Crippen LogP contribution in [0.3, 0.4) is 0 Å². The molecule has 1 heterocycles. The highest BCUT2D eigenvalue weighted by Gasteiger charge is 2.15. The van der Waals surface area contributed by atoms with Crippen molar-refractivity contribution in [1.29, 1.82) is 0 Å². The van der Waals surface area contributed by atoms with E-state index in [1.54, 1.807) is 0 Å². The first-order valence-electron chi connectivity index (χ1n) is 6.47. The highest BCUT2D eigenvalue weighted by molar-refractivity contribution is 5.98. The molecule has 0 aliphatic heterocycles. The zero-order valence-corrected chi connectivity index (χ0v) is 10.7. The van der Waals surface area contributed by atoms with Gasteiger partial charge in [0.1, 0.15) is 11.6 Å². The number of nitrogens with one attached hydrogen (secondary N) is 1. The van der Waals surface area contributed by atoms with E-state index in [9.17, 15) is 9.18 Å². The number of nitrogens with zero attached hydrogens (tertiary/aromatic N) is 1. The number of nitrogens with two attached hydrogens (primary N) is 1. The molecule has 0 bridgehead atoms. The van der Waals surface area contributed by atoms with Crippen molar-refractivity contribution in [1.82, 2.24) is 10.3 Å². The van der Waals surface area contributed by atoms with Gasteiger partial charge in [-0.05, 0) is 18.9 Å². The number of anilines is 1. The molecule has 3 N–H and O–H groups in total. The summed E-state index contributed by atoms with van der Waals surface area (Å²) in [7, 11) is 0. The van der Waals surface area contributed by atoms with Crippen LogP contribution in [0.1, 0.15) is 36.0 Å². The molecule has 0 radical (unpaired) electrons. The summed E-state index contributed by atoms with van der Waals surface area (Å²) in [6, 6.07) is 1.08. The Morgan fingerprint density at radius 3 is 3.00 bits per heavy atom. The van der Waals surface area contributed by atoms with Crippen LogP contribution in [0, 0.1) is 5.82 Å². The fourth-order valence-corrected chi connectivity index (χ4v) is 2.17. The number of amides is 1. The summed E-state index contributed by atoms with van der Waals surface area (Å²) in [6.45, 7) is 0.838. The van der Waals surface area contributed by atoms with Gasteiger partial charge in [0.15, 0.2) is 0 Å². The van der Waals surface area contributed by atoms with Gasteiger partial charge in [-0.3, -0.25) is 4.79 Å². The molecule has 6 heteroatoms. The molecular weight excluding hydrogens is 249 g/mol. The Kier molecular flexibility index (Phi) is 4.68. The first-order chi connectivity index (χ1) is 9.16. The predicted octanol–water partition coefficient (Wildman–Crippen LogP) is 1.49.